The highest BCUT2D eigenvalue weighted by Crippen LogP contribution is 2.26. The SMILES string of the molecule is NNc1cc([N+](=O)[O-])cc(NCC2CCC(O)C2)n1. The zero-order chi connectivity index (χ0) is 13.8. The number of hydrogen-bond acceptors (Lipinski definition) is 7. The molecule has 0 bridgehead atoms. The lowest BCUT2D eigenvalue weighted by molar-refractivity contribution is -0.384. The molecule has 2 unspecified atom stereocenters. The van der Waals surface area contributed by atoms with Crippen LogP contribution >= 0.6 is 0 Å². The van der Waals surface area contributed by atoms with Crippen LogP contribution in [-0.4, -0.2) is 27.7 Å². The fourth-order valence-electron chi connectivity index (χ4n) is 2.27. The first kappa shape index (κ1) is 13.5. The topological polar surface area (TPSA) is 126 Å². The molecule has 2 atom stereocenters. The molecule has 0 aromatic carbocycles. The Labute approximate surface area is 110 Å². The number of aliphatic hydroxyl groups excluding tert-OH is 1. The van der Waals surface area contributed by atoms with Gasteiger partial charge in [0.15, 0.2) is 0 Å². The number of anilines is 2. The summed E-state index contributed by atoms with van der Waals surface area (Å²) >= 11 is 0. The third-order valence-corrected chi connectivity index (χ3v) is 3.25. The van der Waals surface area contributed by atoms with E-state index < -0.39 is 4.92 Å². The van der Waals surface area contributed by atoms with Crippen LogP contribution in [0, 0.1) is 16.0 Å². The maximum absolute atomic E-state index is 10.8. The van der Waals surface area contributed by atoms with Crippen LogP contribution in [0.2, 0.25) is 0 Å². The molecular weight excluding hydrogens is 250 g/mol. The number of hydrazine groups is 1. The summed E-state index contributed by atoms with van der Waals surface area (Å²) in [4.78, 5) is 14.4. The summed E-state index contributed by atoms with van der Waals surface area (Å²) < 4.78 is 0. The molecule has 2 rings (SSSR count). The van der Waals surface area contributed by atoms with E-state index in [0.29, 0.717) is 18.3 Å². The van der Waals surface area contributed by atoms with E-state index in [1.165, 1.54) is 12.1 Å². The number of aliphatic hydroxyl groups is 1. The second-order valence-electron chi connectivity index (χ2n) is 4.71. The van der Waals surface area contributed by atoms with E-state index in [0.717, 1.165) is 19.3 Å². The summed E-state index contributed by atoms with van der Waals surface area (Å²) in [5.41, 5.74) is 2.23. The van der Waals surface area contributed by atoms with Crippen LogP contribution in [0.4, 0.5) is 17.3 Å². The number of hydrogen-bond donors (Lipinski definition) is 4. The van der Waals surface area contributed by atoms with Crippen LogP contribution in [0.25, 0.3) is 0 Å². The lowest BCUT2D eigenvalue weighted by Crippen LogP contribution is -2.15. The summed E-state index contributed by atoms with van der Waals surface area (Å²) in [6, 6.07) is 2.64. The second-order valence-corrected chi connectivity index (χ2v) is 4.71. The molecule has 1 heterocycles. The van der Waals surface area contributed by atoms with E-state index in [1.807, 2.05) is 0 Å². The van der Waals surface area contributed by atoms with Gasteiger partial charge < -0.3 is 15.8 Å². The van der Waals surface area contributed by atoms with E-state index in [9.17, 15) is 15.2 Å². The van der Waals surface area contributed by atoms with Crippen molar-refractivity contribution in [2.24, 2.45) is 11.8 Å². The lowest BCUT2D eigenvalue weighted by Gasteiger charge is -2.12. The van der Waals surface area contributed by atoms with Gasteiger partial charge in [-0.2, -0.15) is 0 Å². The molecule has 0 radical (unpaired) electrons. The van der Waals surface area contributed by atoms with Gasteiger partial charge in [-0.05, 0) is 25.2 Å². The molecule has 0 spiro atoms. The van der Waals surface area contributed by atoms with Gasteiger partial charge >= 0.3 is 0 Å². The first-order valence-electron chi connectivity index (χ1n) is 6.13. The highest BCUT2D eigenvalue weighted by molar-refractivity contribution is 5.54. The molecule has 0 amide bonds. The van der Waals surface area contributed by atoms with E-state index in [1.54, 1.807) is 0 Å². The van der Waals surface area contributed by atoms with Gasteiger partial charge in [-0.25, -0.2) is 10.8 Å². The van der Waals surface area contributed by atoms with Crippen LogP contribution in [0.15, 0.2) is 12.1 Å². The molecule has 0 aliphatic heterocycles. The number of nitrogen functional groups attached to an aromatic ring is 1. The Hall–Kier alpha value is -1.93. The van der Waals surface area contributed by atoms with Gasteiger partial charge in [0.25, 0.3) is 5.69 Å². The maximum Gasteiger partial charge on any atom is 0.276 e. The molecule has 8 heteroatoms. The van der Waals surface area contributed by atoms with Crippen LogP contribution < -0.4 is 16.6 Å². The van der Waals surface area contributed by atoms with Gasteiger partial charge in [-0.3, -0.25) is 10.1 Å². The molecule has 1 aliphatic carbocycles. The van der Waals surface area contributed by atoms with Gasteiger partial charge in [-0.1, -0.05) is 0 Å². The number of pyridine rings is 1. The number of rotatable bonds is 5. The van der Waals surface area contributed by atoms with Crippen molar-refractivity contribution < 1.29 is 10.0 Å². The van der Waals surface area contributed by atoms with Crippen LogP contribution in [0.5, 0.6) is 0 Å². The molecule has 1 saturated carbocycles. The second kappa shape index (κ2) is 5.81. The number of aromatic nitrogens is 1. The molecule has 0 saturated heterocycles. The van der Waals surface area contributed by atoms with Gasteiger partial charge in [0.05, 0.1) is 23.2 Å². The summed E-state index contributed by atoms with van der Waals surface area (Å²) in [5.74, 6) is 6.24. The Morgan fingerprint density at radius 3 is 2.79 bits per heavy atom. The molecule has 1 aliphatic rings. The van der Waals surface area contributed by atoms with Gasteiger partial charge in [0.2, 0.25) is 0 Å². The molecule has 8 nitrogen and oxygen atoms in total. The first-order valence-corrected chi connectivity index (χ1v) is 6.13. The fraction of sp³-hybridized carbons (Fsp3) is 0.545. The summed E-state index contributed by atoms with van der Waals surface area (Å²) in [7, 11) is 0. The first-order chi connectivity index (χ1) is 9.08. The quantitative estimate of drug-likeness (QED) is 0.354. The molecular formula is C11H17N5O3. The Kier molecular flexibility index (Phi) is 4.13. The Bertz CT molecular complexity index is 468. The maximum atomic E-state index is 10.8. The number of nitrogens with zero attached hydrogens (tertiary/aromatic N) is 2. The molecule has 1 aromatic rings. The smallest absolute Gasteiger partial charge is 0.276 e. The summed E-state index contributed by atoms with van der Waals surface area (Å²) in [6.45, 7) is 0.634. The highest BCUT2D eigenvalue weighted by Gasteiger charge is 2.22. The van der Waals surface area contributed by atoms with Crippen molar-refractivity contribution in [3.8, 4) is 0 Å². The number of nitrogens with two attached hydrogens (primary N) is 1. The van der Waals surface area contributed by atoms with Gasteiger partial charge in [-0.15, -0.1) is 0 Å². The minimum absolute atomic E-state index is 0.0723. The average molecular weight is 267 g/mol. The van der Waals surface area contributed by atoms with Crippen molar-refractivity contribution in [2.75, 3.05) is 17.3 Å². The molecule has 1 fully saturated rings. The van der Waals surface area contributed by atoms with Crippen molar-refractivity contribution in [3.63, 3.8) is 0 Å². The monoisotopic (exact) mass is 267 g/mol. The molecule has 1 aromatic heterocycles. The summed E-state index contributed by atoms with van der Waals surface area (Å²) in [5, 5.41) is 23.3. The van der Waals surface area contributed by atoms with E-state index in [-0.39, 0.29) is 17.6 Å². The minimum atomic E-state index is -0.493. The van der Waals surface area contributed by atoms with Crippen LogP contribution in [-0.2, 0) is 0 Å². The standard InChI is InChI=1S/C11H17N5O3/c12-15-11-5-8(16(18)19)4-10(14-11)13-6-7-1-2-9(17)3-7/h4-5,7,9,17H,1-3,6,12H2,(H2,13,14,15). The normalized spacial score (nSPS) is 22.2. The average Bonchev–Trinajstić information content (AvgIpc) is 2.81. The molecule has 104 valence electrons. The van der Waals surface area contributed by atoms with Crippen molar-refractivity contribution in [1.82, 2.24) is 4.98 Å². The third kappa shape index (κ3) is 3.52. The zero-order valence-corrected chi connectivity index (χ0v) is 10.4. The Morgan fingerprint density at radius 2 is 2.21 bits per heavy atom. The van der Waals surface area contributed by atoms with E-state index in [2.05, 4.69) is 15.7 Å². The third-order valence-electron chi connectivity index (χ3n) is 3.25. The zero-order valence-electron chi connectivity index (χ0n) is 10.4. The number of nitro groups is 1. The van der Waals surface area contributed by atoms with Crippen LogP contribution in [0.3, 0.4) is 0 Å². The van der Waals surface area contributed by atoms with E-state index in [4.69, 9.17) is 5.84 Å². The van der Waals surface area contributed by atoms with Crippen molar-refractivity contribution in [1.29, 1.82) is 0 Å². The fourth-order valence-corrected chi connectivity index (χ4v) is 2.27. The largest absolute Gasteiger partial charge is 0.393 e. The molecule has 5 N–H and O–H groups in total. The van der Waals surface area contributed by atoms with E-state index >= 15 is 0 Å². The number of nitrogens with one attached hydrogen (secondary N) is 2. The van der Waals surface area contributed by atoms with Crippen molar-refractivity contribution in [2.45, 2.75) is 25.4 Å². The minimum Gasteiger partial charge on any atom is -0.393 e. The van der Waals surface area contributed by atoms with Crippen molar-refractivity contribution in [3.05, 3.63) is 22.2 Å². The lowest BCUT2D eigenvalue weighted by atomic mass is 10.1. The summed E-state index contributed by atoms with van der Waals surface area (Å²) in [6.07, 6.45) is 2.28. The van der Waals surface area contributed by atoms with Crippen LogP contribution in [0.1, 0.15) is 19.3 Å². The molecule has 19 heavy (non-hydrogen) atoms. The van der Waals surface area contributed by atoms with Gasteiger partial charge in [0.1, 0.15) is 11.6 Å². The Morgan fingerprint density at radius 1 is 1.47 bits per heavy atom. The van der Waals surface area contributed by atoms with Crippen molar-refractivity contribution >= 4 is 17.3 Å². The highest BCUT2D eigenvalue weighted by atomic mass is 16.6. The predicted molar refractivity (Wildman–Crippen MR) is 70.5 cm³/mol. The predicted octanol–water partition coefficient (Wildman–Crippen LogP) is 0.848. The Balaban J connectivity index is 2.02. The van der Waals surface area contributed by atoms with Gasteiger partial charge in [0, 0.05) is 6.54 Å².